The van der Waals surface area contributed by atoms with Crippen molar-refractivity contribution in [1.29, 1.82) is 0 Å². The molecule has 0 saturated carbocycles. The molecule has 0 bridgehead atoms. The first-order valence-electron chi connectivity index (χ1n) is 9.92. The van der Waals surface area contributed by atoms with Crippen LogP contribution in [0.15, 0.2) is 57.6 Å². The van der Waals surface area contributed by atoms with Gasteiger partial charge in [-0.25, -0.2) is 9.79 Å². The molecule has 0 fully saturated rings. The molecule has 1 aliphatic heterocycles. The van der Waals surface area contributed by atoms with E-state index in [4.69, 9.17) is 25.8 Å². The van der Waals surface area contributed by atoms with E-state index in [1.165, 1.54) is 13.2 Å². The SMILES string of the molecule is CCOC(=O)C1=C(O)/C(=C/c2ccc(OC)c(C)c2OC)SC1=NC(=O)c1ccccc1Cl. The highest BCUT2D eigenvalue weighted by molar-refractivity contribution is 8.18. The van der Waals surface area contributed by atoms with Crippen molar-refractivity contribution in [2.45, 2.75) is 13.8 Å². The number of carbonyl (C=O) groups is 2. The molecule has 0 atom stereocenters. The molecule has 1 N–H and O–H groups in total. The van der Waals surface area contributed by atoms with Crippen molar-refractivity contribution < 1.29 is 28.9 Å². The third-order valence-electron chi connectivity index (χ3n) is 4.77. The first kappa shape index (κ1) is 24.4. The molecule has 2 aromatic carbocycles. The molecule has 7 nitrogen and oxygen atoms in total. The third kappa shape index (κ3) is 5.07. The first-order chi connectivity index (χ1) is 15.8. The van der Waals surface area contributed by atoms with Crippen LogP contribution in [0.1, 0.15) is 28.4 Å². The summed E-state index contributed by atoms with van der Waals surface area (Å²) < 4.78 is 15.9. The van der Waals surface area contributed by atoms with E-state index in [0.717, 1.165) is 17.3 Å². The Morgan fingerprint density at radius 2 is 1.88 bits per heavy atom. The van der Waals surface area contributed by atoms with E-state index in [9.17, 15) is 14.7 Å². The van der Waals surface area contributed by atoms with Crippen LogP contribution in [0.3, 0.4) is 0 Å². The monoisotopic (exact) mass is 487 g/mol. The lowest BCUT2D eigenvalue weighted by atomic mass is 10.1. The predicted molar refractivity (Wildman–Crippen MR) is 129 cm³/mol. The molecule has 2 aromatic rings. The van der Waals surface area contributed by atoms with Crippen LogP contribution in [-0.2, 0) is 9.53 Å². The third-order valence-corrected chi connectivity index (χ3v) is 6.12. The van der Waals surface area contributed by atoms with E-state index in [0.29, 0.717) is 22.0 Å². The summed E-state index contributed by atoms with van der Waals surface area (Å²) in [6, 6.07) is 9.98. The summed E-state index contributed by atoms with van der Waals surface area (Å²) in [5.74, 6) is -0.566. The van der Waals surface area contributed by atoms with Crippen molar-refractivity contribution >= 4 is 46.4 Å². The number of carbonyl (C=O) groups excluding carboxylic acids is 2. The Morgan fingerprint density at radius 3 is 2.52 bits per heavy atom. The van der Waals surface area contributed by atoms with Gasteiger partial charge in [-0.3, -0.25) is 4.79 Å². The summed E-state index contributed by atoms with van der Waals surface area (Å²) in [4.78, 5) is 29.7. The quantitative estimate of drug-likeness (QED) is 0.547. The van der Waals surface area contributed by atoms with Crippen molar-refractivity contribution in [2.75, 3.05) is 20.8 Å². The van der Waals surface area contributed by atoms with Gasteiger partial charge in [0.2, 0.25) is 0 Å². The van der Waals surface area contributed by atoms with Gasteiger partial charge in [-0.15, -0.1) is 0 Å². The molecule has 0 saturated heterocycles. The van der Waals surface area contributed by atoms with Gasteiger partial charge in [0.05, 0.1) is 36.3 Å². The van der Waals surface area contributed by atoms with E-state index in [2.05, 4.69) is 4.99 Å². The molecule has 0 aromatic heterocycles. The second-order valence-electron chi connectivity index (χ2n) is 6.77. The Morgan fingerprint density at radius 1 is 1.15 bits per heavy atom. The van der Waals surface area contributed by atoms with E-state index in [1.54, 1.807) is 50.4 Å². The summed E-state index contributed by atoms with van der Waals surface area (Å²) in [5, 5.41) is 11.1. The number of aliphatic imine (C=N–C) groups is 1. The van der Waals surface area contributed by atoms with Crippen LogP contribution >= 0.6 is 23.4 Å². The Balaban J connectivity index is 2.09. The van der Waals surface area contributed by atoms with Crippen LogP contribution < -0.4 is 9.47 Å². The number of ether oxygens (including phenoxy) is 3. The zero-order chi connectivity index (χ0) is 24.1. The lowest BCUT2D eigenvalue weighted by Crippen LogP contribution is -2.14. The average molecular weight is 488 g/mol. The number of aliphatic hydroxyl groups excluding tert-OH is 1. The van der Waals surface area contributed by atoms with Crippen molar-refractivity contribution in [3.63, 3.8) is 0 Å². The van der Waals surface area contributed by atoms with Crippen molar-refractivity contribution in [1.82, 2.24) is 0 Å². The maximum absolute atomic E-state index is 12.7. The number of amides is 1. The highest BCUT2D eigenvalue weighted by atomic mass is 35.5. The fourth-order valence-electron chi connectivity index (χ4n) is 3.22. The normalized spacial score (nSPS) is 15.8. The van der Waals surface area contributed by atoms with Crippen molar-refractivity contribution in [3.8, 4) is 11.5 Å². The molecule has 0 unspecified atom stereocenters. The molecule has 1 amide bonds. The van der Waals surface area contributed by atoms with Gasteiger partial charge in [-0.05, 0) is 44.2 Å². The number of hydrogen-bond acceptors (Lipinski definition) is 7. The summed E-state index contributed by atoms with van der Waals surface area (Å²) >= 11 is 7.08. The Labute approximate surface area is 200 Å². The van der Waals surface area contributed by atoms with Gasteiger partial charge in [0.15, 0.2) is 0 Å². The van der Waals surface area contributed by atoms with Gasteiger partial charge in [0.25, 0.3) is 5.91 Å². The minimum absolute atomic E-state index is 0.0197. The molecule has 33 heavy (non-hydrogen) atoms. The molecule has 0 spiro atoms. The summed E-state index contributed by atoms with van der Waals surface area (Å²) in [6.07, 6.45) is 1.65. The lowest BCUT2D eigenvalue weighted by molar-refractivity contribution is -0.138. The highest BCUT2D eigenvalue weighted by Gasteiger charge is 2.34. The first-order valence-corrected chi connectivity index (χ1v) is 11.1. The molecule has 3 rings (SSSR count). The molecule has 1 heterocycles. The second-order valence-corrected chi connectivity index (χ2v) is 8.21. The summed E-state index contributed by atoms with van der Waals surface area (Å²) in [5.41, 5.74) is 1.42. The summed E-state index contributed by atoms with van der Waals surface area (Å²) in [7, 11) is 3.09. The van der Waals surface area contributed by atoms with Crippen LogP contribution in [0.2, 0.25) is 5.02 Å². The molecule has 1 aliphatic rings. The van der Waals surface area contributed by atoms with Gasteiger partial charge in [-0.1, -0.05) is 35.5 Å². The zero-order valence-corrected chi connectivity index (χ0v) is 20.0. The minimum atomic E-state index is -0.783. The highest BCUT2D eigenvalue weighted by Crippen LogP contribution is 2.41. The fraction of sp³-hybridized carbons (Fsp3) is 0.208. The fourth-order valence-corrected chi connectivity index (χ4v) is 4.44. The molecule has 0 aliphatic carbocycles. The minimum Gasteiger partial charge on any atom is -0.506 e. The van der Waals surface area contributed by atoms with Crippen molar-refractivity contribution in [3.05, 3.63) is 74.3 Å². The van der Waals surface area contributed by atoms with Crippen molar-refractivity contribution in [2.24, 2.45) is 4.99 Å². The predicted octanol–water partition coefficient (Wildman–Crippen LogP) is 5.37. The van der Waals surface area contributed by atoms with Crippen LogP contribution in [0, 0.1) is 6.92 Å². The van der Waals surface area contributed by atoms with Gasteiger partial charge in [-0.2, -0.15) is 0 Å². The Hall–Kier alpha value is -3.23. The smallest absolute Gasteiger partial charge is 0.344 e. The second kappa shape index (κ2) is 10.6. The number of hydrogen-bond donors (Lipinski definition) is 1. The van der Waals surface area contributed by atoms with E-state index in [-0.39, 0.29) is 33.6 Å². The number of nitrogens with zero attached hydrogens (tertiary/aromatic N) is 1. The van der Waals surface area contributed by atoms with Crippen LogP contribution in [0.25, 0.3) is 6.08 Å². The number of benzene rings is 2. The van der Waals surface area contributed by atoms with Gasteiger partial charge in [0.1, 0.15) is 27.9 Å². The number of methoxy groups -OCH3 is 2. The van der Waals surface area contributed by atoms with E-state index >= 15 is 0 Å². The largest absolute Gasteiger partial charge is 0.506 e. The van der Waals surface area contributed by atoms with E-state index in [1.807, 2.05) is 6.92 Å². The molecular weight excluding hydrogens is 466 g/mol. The number of esters is 1. The maximum atomic E-state index is 12.7. The number of thioether (sulfide) groups is 1. The Kier molecular flexibility index (Phi) is 7.84. The topological polar surface area (TPSA) is 94.4 Å². The standard InChI is InChI=1S/C24H22ClNO6S/c1-5-32-24(29)19-20(27)18(12-14-10-11-17(30-3)13(2)21(14)31-4)33-23(19)26-22(28)15-8-6-7-9-16(15)25/h6-12,27H,5H2,1-4H3/b18-12-,26-23?. The van der Waals surface area contributed by atoms with Crippen LogP contribution in [0.5, 0.6) is 11.5 Å². The van der Waals surface area contributed by atoms with Gasteiger partial charge < -0.3 is 19.3 Å². The van der Waals surface area contributed by atoms with Gasteiger partial charge >= 0.3 is 5.97 Å². The lowest BCUT2D eigenvalue weighted by Gasteiger charge is -2.12. The molecule has 9 heteroatoms. The van der Waals surface area contributed by atoms with Crippen LogP contribution in [0.4, 0.5) is 0 Å². The number of halogens is 1. The molecular formula is C24H22ClNO6S. The maximum Gasteiger partial charge on any atom is 0.344 e. The average Bonchev–Trinajstić information content (AvgIpc) is 3.09. The zero-order valence-electron chi connectivity index (χ0n) is 18.5. The number of aliphatic hydroxyl groups is 1. The number of rotatable bonds is 6. The molecule has 0 radical (unpaired) electrons. The summed E-state index contributed by atoms with van der Waals surface area (Å²) in [6.45, 7) is 3.58. The van der Waals surface area contributed by atoms with Crippen LogP contribution in [-0.4, -0.2) is 42.9 Å². The van der Waals surface area contributed by atoms with Gasteiger partial charge in [0, 0.05) is 11.1 Å². The Bertz CT molecular complexity index is 1200. The molecule has 172 valence electrons. The van der Waals surface area contributed by atoms with E-state index < -0.39 is 11.9 Å².